The minimum absolute atomic E-state index is 0.133. The Bertz CT molecular complexity index is 1440. The normalized spacial score (nSPS) is 13.9. The Morgan fingerprint density at radius 2 is 1.71 bits per heavy atom. The van der Waals surface area contributed by atoms with Crippen LogP contribution in [0.5, 0.6) is 0 Å². The number of aromatic nitrogens is 2. The Balaban J connectivity index is 1.50. The molecule has 34 heavy (non-hydrogen) atoms. The lowest BCUT2D eigenvalue weighted by Gasteiger charge is -2.34. The average Bonchev–Trinajstić information content (AvgIpc) is 3.29. The molecule has 172 valence electrons. The van der Waals surface area contributed by atoms with Gasteiger partial charge in [0.1, 0.15) is 0 Å². The van der Waals surface area contributed by atoms with Crippen LogP contribution in [0.15, 0.2) is 59.2 Å². The number of fused-ring (bicyclic) bond motifs is 2. The zero-order valence-electron chi connectivity index (χ0n) is 18.4. The quantitative estimate of drug-likeness (QED) is 0.321. The minimum Gasteiger partial charge on any atom is -0.462 e. The summed E-state index contributed by atoms with van der Waals surface area (Å²) in [5.74, 6) is -1.71. The first kappa shape index (κ1) is 22.1. The largest absolute Gasteiger partial charge is 0.462 e. The first-order valence-electron chi connectivity index (χ1n) is 10.8. The van der Waals surface area contributed by atoms with Crippen LogP contribution in [-0.2, 0) is 14.3 Å². The van der Waals surface area contributed by atoms with Crippen LogP contribution in [-0.4, -0.2) is 70.8 Å². The predicted octanol–water partition coefficient (Wildman–Crippen LogP) is 3.60. The third-order valence-corrected chi connectivity index (χ3v) is 6.57. The predicted molar refractivity (Wildman–Crippen MR) is 131 cm³/mol. The number of carbonyl (C=O) groups is 3. The number of piperazine rings is 1. The van der Waals surface area contributed by atoms with E-state index < -0.39 is 11.9 Å². The fourth-order valence-electron chi connectivity index (χ4n) is 4.29. The smallest absolute Gasteiger partial charge is 0.396 e. The molecule has 1 saturated heterocycles. The molecule has 0 atom stereocenters. The molecule has 0 aliphatic carbocycles. The molecule has 8 nitrogen and oxygen atoms in total. The molecule has 2 aromatic carbocycles. The first-order valence-corrected chi connectivity index (χ1v) is 11.6. The van der Waals surface area contributed by atoms with Crippen LogP contribution in [0.1, 0.15) is 10.4 Å². The molecule has 0 spiro atoms. The van der Waals surface area contributed by atoms with Crippen molar-refractivity contribution in [3.05, 3.63) is 64.8 Å². The third-order valence-electron chi connectivity index (χ3n) is 6.08. The molecule has 0 bridgehead atoms. The zero-order chi connectivity index (χ0) is 23.8. The van der Waals surface area contributed by atoms with E-state index in [0.717, 1.165) is 31.8 Å². The molecule has 4 aromatic rings. The number of rotatable bonds is 2. The van der Waals surface area contributed by atoms with Crippen molar-refractivity contribution in [3.63, 3.8) is 0 Å². The highest BCUT2D eigenvalue weighted by Crippen LogP contribution is 2.32. The lowest BCUT2D eigenvalue weighted by molar-refractivity contribution is -0.158. The fraction of sp³-hybridized carbons (Fsp3) is 0.200. The second kappa shape index (κ2) is 8.90. The summed E-state index contributed by atoms with van der Waals surface area (Å²) in [5, 5.41) is 1.77. The van der Waals surface area contributed by atoms with Crippen LogP contribution in [0.3, 0.4) is 0 Å². The van der Waals surface area contributed by atoms with E-state index in [1.807, 2.05) is 54.7 Å². The van der Waals surface area contributed by atoms with E-state index in [1.165, 1.54) is 12.0 Å². The van der Waals surface area contributed by atoms with Gasteiger partial charge in [0.25, 0.3) is 5.91 Å². The van der Waals surface area contributed by atoms with Gasteiger partial charge in [0.15, 0.2) is 0 Å². The van der Waals surface area contributed by atoms with E-state index in [-0.39, 0.29) is 19.0 Å². The van der Waals surface area contributed by atoms with Crippen LogP contribution in [0.4, 0.5) is 0 Å². The maximum absolute atomic E-state index is 13.6. The van der Waals surface area contributed by atoms with Crippen molar-refractivity contribution < 1.29 is 19.1 Å². The molecule has 1 aliphatic rings. The molecule has 1 N–H and O–H groups in total. The molecule has 0 saturated carbocycles. The second-order valence-electron chi connectivity index (χ2n) is 8.04. The minimum atomic E-state index is -0.894. The number of nitrogens with one attached hydrogen (secondary N) is 1. The summed E-state index contributed by atoms with van der Waals surface area (Å²) in [6, 6.07) is 15.4. The standard InChI is InChI=1S/C25H21BrN4O4/c1-34-25(33)24(32)30-10-8-29(9-11-30)23(31)18-13-22(28-21-5-3-2-4-16(18)21)19-14-27-20-7-6-15(26)12-17(19)20/h2-7,12-14,27H,8-11H2,1H3. The number of para-hydroxylation sites is 1. The summed E-state index contributed by atoms with van der Waals surface area (Å²) in [7, 11) is 1.18. The summed E-state index contributed by atoms with van der Waals surface area (Å²) in [5.41, 5.74) is 3.87. The Morgan fingerprint density at radius 1 is 0.971 bits per heavy atom. The van der Waals surface area contributed by atoms with Gasteiger partial charge in [-0.3, -0.25) is 9.59 Å². The molecule has 1 fully saturated rings. The van der Waals surface area contributed by atoms with Crippen LogP contribution in [0.2, 0.25) is 0 Å². The van der Waals surface area contributed by atoms with Crippen molar-refractivity contribution in [2.75, 3.05) is 33.3 Å². The number of hydrogen-bond acceptors (Lipinski definition) is 5. The molecule has 9 heteroatoms. The van der Waals surface area contributed by atoms with E-state index in [4.69, 9.17) is 4.98 Å². The van der Waals surface area contributed by atoms with E-state index >= 15 is 0 Å². The van der Waals surface area contributed by atoms with Crippen molar-refractivity contribution >= 4 is 55.5 Å². The molecular formula is C25H21BrN4O4. The maximum atomic E-state index is 13.6. The summed E-state index contributed by atoms with van der Waals surface area (Å²) >= 11 is 3.53. The fourth-order valence-corrected chi connectivity index (χ4v) is 4.66. The number of amides is 2. The monoisotopic (exact) mass is 520 g/mol. The number of halogens is 1. The van der Waals surface area contributed by atoms with Crippen LogP contribution in [0, 0.1) is 0 Å². The number of hydrogen-bond donors (Lipinski definition) is 1. The van der Waals surface area contributed by atoms with Crippen molar-refractivity contribution in [3.8, 4) is 11.3 Å². The SMILES string of the molecule is COC(=O)C(=O)N1CCN(C(=O)c2cc(-c3c[nH]c4ccc(Br)cc34)nc3ccccc23)CC1. The molecular weight excluding hydrogens is 500 g/mol. The number of esters is 1. The van der Waals surface area contributed by atoms with Gasteiger partial charge in [0.2, 0.25) is 0 Å². The van der Waals surface area contributed by atoms with Gasteiger partial charge >= 0.3 is 11.9 Å². The number of H-pyrrole nitrogens is 1. The number of benzene rings is 2. The second-order valence-corrected chi connectivity index (χ2v) is 8.96. The Morgan fingerprint density at radius 3 is 2.47 bits per heavy atom. The number of nitrogens with zero attached hydrogens (tertiary/aromatic N) is 3. The highest BCUT2D eigenvalue weighted by atomic mass is 79.9. The Labute approximate surface area is 203 Å². The average molecular weight is 521 g/mol. The molecule has 2 aromatic heterocycles. The zero-order valence-corrected chi connectivity index (χ0v) is 20.0. The van der Waals surface area contributed by atoms with Crippen LogP contribution >= 0.6 is 15.9 Å². The van der Waals surface area contributed by atoms with Crippen molar-refractivity contribution in [2.24, 2.45) is 0 Å². The molecule has 3 heterocycles. The molecule has 1 aliphatic heterocycles. The van der Waals surface area contributed by atoms with Gasteiger partial charge in [0.05, 0.1) is 23.9 Å². The van der Waals surface area contributed by atoms with Gasteiger partial charge in [-0.1, -0.05) is 34.1 Å². The molecule has 5 rings (SSSR count). The lowest BCUT2D eigenvalue weighted by Crippen LogP contribution is -2.52. The lowest BCUT2D eigenvalue weighted by atomic mass is 10.0. The van der Waals surface area contributed by atoms with Gasteiger partial charge in [-0.25, -0.2) is 9.78 Å². The summed E-state index contributed by atoms with van der Waals surface area (Å²) < 4.78 is 5.48. The Hall–Kier alpha value is -3.72. The summed E-state index contributed by atoms with van der Waals surface area (Å²) in [6.07, 6.45) is 1.90. The maximum Gasteiger partial charge on any atom is 0.396 e. The van der Waals surface area contributed by atoms with Gasteiger partial charge < -0.3 is 19.5 Å². The van der Waals surface area contributed by atoms with E-state index in [2.05, 4.69) is 25.7 Å². The van der Waals surface area contributed by atoms with Gasteiger partial charge in [-0.05, 0) is 30.3 Å². The van der Waals surface area contributed by atoms with Gasteiger partial charge in [-0.2, -0.15) is 0 Å². The number of methoxy groups -OCH3 is 1. The number of pyridine rings is 1. The highest BCUT2D eigenvalue weighted by molar-refractivity contribution is 9.10. The molecule has 0 unspecified atom stereocenters. The number of carbonyl (C=O) groups excluding carboxylic acids is 3. The van der Waals surface area contributed by atoms with Crippen molar-refractivity contribution in [1.82, 2.24) is 19.8 Å². The van der Waals surface area contributed by atoms with E-state index in [0.29, 0.717) is 24.3 Å². The van der Waals surface area contributed by atoms with Crippen LogP contribution in [0.25, 0.3) is 33.1 Å². The molecule has 0 radical (unpaired) electrons. The Kier molecular flexibility index (Phi) is 5.79. The number of ether oxygens (including phenoxy) is 1. The molecule has 2 amide bonds. The topological polar surface area (TPSA) is 95.6 Å². The van der Waals surface area contributed by atoms with E-state index in [9.17, 15) is 14.4 Å². The summed E-state index contributed by atoms with van der Waals surface area (Å²) in [4.78, 5) is 48.5. The van der Waals surface area contributed by atoms with Crippen molar-refractivity contribution in [2.45, 2.75) is 0 Å². The number of aromatic amines is 1. The van der Waals surface area contributed by atoms with E-state index in [1.54, 1.807) is 4.90 Å². The van der Waals surface area contributed by atoms with Crippen LogP contribution < -0.4 is 0 Å². The highest BCUT2D eigenvalue weighted by Gasteiger charge is 2.29. The summed E-state index contributed by atoms with van der Waals surface area (Å²) in [6.45, 7) is 1.19. The van der Waals surface area contributed by atoms with Crippen molar-refractivity contribution in [1.29, 1.82) is 0 Å². The first-order chi connectivity index (χ1) is 16.5. The van der Waals surface area contributed by atoms with Gasteiger partial charge in [-0.15, -0.1) is 0 Å². The van der Waals surface area contributed by atoms with Gasteiger partial charge in [0, 0.05) is 58.7 Å². The third kappa shape index (κ3) is 3.92.